The highest BCUT2D eigenvalue weighted by Gasteiger charge is 2.14. The summed E-state index contributed by atoms with van der Waals surface area (Å²) in [4.78, 5) is 11.8. The lowest BCUT2D eigenvalue weighted by Gasteiger charge is -2.04. The van der Waals surface area contributed by atoms with Crippen molar-refractivity contribution < 1.29 is 4.79 Å². The molecule has 1 heterocycles. The Morgan fingerprint density at radius 2 is 2.00 bits per heavy atom. The Hall–Kier alpha value is -2.30. The van der Waals surface area contributed by atoms with Gasteiger partial charge < -0.3 is 11.1 Å². The van der Waals surface area contributed by atoms with Gasteiger partial charge in [0.25, 0.3) is 5.91 Å². The van der Waals surface area contributed by atoms with Crippen LogP contribution in [-0.2, 0) is 6.54 Å². The second-order valence-corrected chi connectivity index (χ2v) is 4.28. The van der Waals surface area contributed by atoms with Crippen molar-refractivity contribution in [3.05, 3.63) is 46.8 Å². The highest BCUT2D eigenvalue weighted by molar-refractivity contribution is 5.97. The van der Waals surface area contributed by atoms with Gasteiger partial charge in [0.15, 0.2) is 5.69 Å². The van der Waals surface area contributed by atoms with E-state index < -0.39 is 0 Å². The molecule has 2 rings (SSSR count). The second-order valence-electron chi connectivity index (χ2n) is 4.28. The molecule has 1 aromatic heterocycles. The summed E-state index contributed by atoms with van der Waals surface area (Å²) in [5.41, 5.74) is 9.32. The van der Waals surface area contributed by atoms with E-state index >= 15 is 0 Å². The molecule has 5 heteroatoms. The molecule has 0 spiro atoms. The zero-order valence-corrected chi connectivity index (χ0v) is 10.4. The van der Waals surface area contributed by atoms with Crippen LogP contribution in [-0.4, -0.2) is 16.1 Å². The van der Waals surface area contributed by atoms with E-state index in [-0.39, 0.29) is 11.6 Å². The fourth-order valence-electron chi connectivity index (χ4n) is 1.58. The highest BCUT2D eigenvalue weighted by atomic mass is 16.1. The van der Waals surface area contributed by atoms with E-state index in [9.17, 15) is 4.79 Å². The first-order chi connectivity index (χ1) is 8.58. The predicted molar refractivity (Wildman–Crippen MR) is 70.1 cm³/mol. The number of nitrogens with one attached hydrogen (secondary N) is 2. The zero-order valence-electron chi connectivity index (χ0n) is 10.4. The number of nitrogens with zero attached hydrogens (tertiary/aromatic N) is 1. The Morgan fingerprint density at radius 3 is 2.56 bits per heavy atom. The summed E-state index contributed by atoms with van der Waals surface area (Å²) in [6.45, 7) is 4.26. The molecule has 0 atom stereocenters. The first-order valence-electron chi connectivity index (χ1n) is 5.72. The number of aromatic amines is 1. The van der Waals surface area contributed by atoms with Crippen molar-refractivity contribution in [1.82, 2.24) is 15.5 Å². The maximum atomic E-state index is 11.8. The first-order valence-corrected chi connectivity index (χ1v) is 5.72. The number of anilines is 1. The van der Waals surface area contributed by atoms with Crippen LogP contribution in [0.3, 0.4) is 0 Å². The van der Waals surface area contributed by atoms with Gasteiger partial charge in [0.2, 0.25) is 0 Å². The molecule has 5 nitrogen and oxygen atoms in total. The Morgan fingerprint density at radius 1 is 1.33 bits per heavy atom. The largest absolute Gasteiger partial charge is 0.395 e. The van der Waals surface area contributed by atoms with Crippen molar-refractivity contribution in [2.24, 2.45) is 0 Å². The molecule has 4 N–H and O–H groups in total. The van der Waals surface area contributed by atoms with Gasteiger partial charge in [0, 0.05) is 6.54 Å². The summed E-state index contributed by atoms with van der Waals surface area (Å²) >= 11 is 0. The molecular formula is C13H16N4O. The van der Waals surface area contributed by atoms with Gasteiger partial charge in [-0.3, -0.25) is 9.89 Å². The van der Waals surface area contributed by atoms with E-state index in [2.05, 4.69) is 15.5 Å². The molecule has 0 saturated heterocycles. The second kappa shape index (κ2) is 4.91. The van der Waals surface area contributed by atoms with Gasteiger partial charge in [-0.25, -0.2) is 0 Å². The number of H-pyrrole nitrogens is 1. The van der Waals surface area contributed by atoms with Gasteiger partial charge in [-0.2, -0.15) is 5.10 Å². The van der Waals surface area contributed by atoms with Crippen LogP contribution in [0.1, 0.15) is 27.3 Å². The number of aryl methyl sites for hydroxylation is 2. The molecule has 0 bridgehead atoms. The lowest BCUT2D eigenvalue weighted by Crippen LogP contribution is -2.24. The van der Waals surface area contributed by atoms with Gasteiger partial charge in [0.05, 0.1) is 11.4 Å². The molecule has 2 aromatic rings. The van der Waals surface area contributed by atoms with Crippen LogP contribution in [0, 0.1) is 13.8 Å². The average Bonchev–Trinajstić information content (AvgIpc) is 2.69. The van der Waals surface area contributed by atoms with Crippen molar-refractivity contribution >= 4 is 11.6 Å². The summed E-state index contributed by atoms with van der Waals surface area (Å²) in [5, 5.41) is 9.35. The standard InChI is InChI=1S/C13H16N4O/c1-8-3-5-10(6-4-8)7-15-13(18)12-11(14)9(2)16-17-12/h3-6H,7,14H2,1-2H3,(H,15,18)(H,16,17). The third-order valence-electron chi connectivity index (χ3n) is 2.78. The molecular weight excluding hydrogens is 228 g/mol. The number of rotatable bonds is 3. The van der Waals surface area contributed by atoms with E-state index in [1.165, 1.54) is 5.56 Å². The molecule has 94 valence electrons. The van der Waals surface area contributed by atoms with Crippen molar-refractivity contribution in [1.29, 1.82) is 0 Å². The number of nitrogen functional groups attached to an aromatic ring is 1. The number of amides is 1. The lowest BCUT2D eigenvalue weighted by atomic mass is 10.1. The van der Waals surface area contributed by atoms with E-state index in [4.69, 9.17) is 5.73 Å². The number of hydrogen-bond acceptors (Lipinski definition) is 3. The molecule has 0 fully saturated rings. The Bertz CT molecular complexity index is 557. The van der Waals surface area contributed by atoms with Gasteiger partial charge in [0.1, 0.15) is 0 Å². The summed E-state index contributed by atoms with van der Waals surface area (Å²) in [6.07, 6.45) is 0. The first kappa shape index (κ1) is 12.2. The van der Waals surface area contributed by atoms with E-state index in [1.54, 1.807) is 6.92 Å². The van der Waals surface area contributed by atoms with E-state index in [1.807, 2.05) is 31.2 Å². The van der Waals surface area contributed by atoms with E-state index in [0.29, 0.717) is 17.9 Å². The molecule has 0 aliphatic carbocycles. The van der Waals surface area contributed by atoms with Crippen LogP contribution in [0.25, 0.3) is 0 Å². The normalized spacial score (nSPS) is 10.3. The fraction of sp³-hybridized carbons (Fsp3) is 0.231. The molecule has 1 amide bonds. The molecule has 0 unspecified atom stereocenters. The average molecular weight is 244 g/mol. The monoisotopic (exact) mass is 244 g/mol. The third kappa shape index (κ3) is 2.51. The summed E-state index contributed by atoms with van der Waals surface area (Å²) in [5.74, 6) is -0.266. The molecule has 18 heavy (non-hydrogen) atoms. The van der Waals surface area contributed by atoms with Gasteiger partial charge in [-0.1, -0.05) is 29.8 Å². The number of nitrogens with two attached hydrogens (primary N) is 1. The molecule has 0 radical (unpaired) electrons. The van der Waals surface area contributed by atoms with Gasteiger partial charge in [-0.05, 0) is 19.4 Å². The van der Waals surface area contributed by atoms with Crippen LogP contribution < -0.4 is 11.1 Å². The van der Waals surface area contributed by atoms with Gasteiger partial charge in [-0.15, -0.1) is 0 Å². The van der Waals surface area contributed by atoms with Crippen LogP contribution in [0.2, 0.25) is 0 Å². The number of aromatic nitrogens is 2. The van der Waals surface area contributed by atoms with Crippen LogP contribution >= 0.6 is 0 Å². The van der Waals surface area contributed by atoms with E-state index in [0.717, 1.165) is 5.56 Å². The van der Waals surface area contributed by atoms with Crippen molar-refractivity contribution in [2.75, 3.05) is 5.73 Å². The molecule has 0 aliphatic heterocycles. The predicted octanol–water partition coefficient (Wildman–Crippen LogP) is 1.54. The van der Waals surface area contributed by atoms with Crippen molar-refractivity contribution in [3.8, 4) is 0 Å². The topological polar surface area (TPSA) is 83.8 Å². The summed E-state index contributed by atoms with van der Waals surface area (Å²) in [7, 11) is 0. The van der Waals surface area contributed by atoms with Gasteiger partial charge >= 0.3 is 0 Å². The zero-order chi connectivity index (χ0) is 13.1. The maximum Gasteiger partial charge on any atom is 0.274 e. The Balaban J connectivity index is 2.00. The third-order valence-corrected chi connectivity index (χ3v) is 2.78. The summed E-state index contributed by atoms with van der Waals surface area (Å²) in [6, 6.07) is 7.98. The quantitative estimate of drug-likeness (QED) is 0.765. The highest BCUT2D eigenvalue weighted by Crippen LogP contribution is 2.12. The fourth-order valence-corrected chi connectivity index (χ4v) is 1.58. The number of carbonyl (C=O) groups is 1. The van der Waals surface area contributed by atoms with Crippen molar-refractivity contribution in [3.63, 3.8) is 0 Å². The van der Waals surface area contributed by atoms with Crippen LogP contribution in [0.15, 0.2) is 24.3 Å². The number of carbonyl (C=O) groups excluding carboxylic acids is 1. The van der Waals surface area contributed by atoms with Crippen molar-refractivity contribution in [2.45, 2.75) is 20.4 Å². The Kier molecular flexibility index (Phi) is 3.32. The number of benzene rings is 1. The minimum atomic E-state index is -0.266. The minimum Gasteiger partial charge on any atom is -0.395 e. The maximum absolute atomic E-state index is 11.8. The lowest BCUT2D eigenvalue weighted by molar-refractivity contribution is 0.0947. The van der Waals surface area contributed by atoms with Crippen LogP contribution in [0.4, 0.5) is 5.69 Å². The smallest absolute Gasteiger partial charge is 0.274 e. The summed E-state index contributed by atoms with van der Waals surface area (Å²) < 4.78 is 0. The molecule has 1 aromatic carbocycles. The minimum absolute atomic E-state index is 0.250. The van der Waals surface area contributed by atoms with Crippen LogP contribution in [0.5, 0.6) is 0 Å². The molecule has 0 aliphatic rings. The Labute approximate surface area is 105 Å². The SMILES string of the molecule is Cc1ccc(CNC(=O)c2n[nH]c(C)c2N)cc1. The number of hydrogen-bond donors (Lipinski definition) is 3. The molecule has 0 saturated carbocycles.